The first-order valence-corrected chi connectivity index (χ1v) is 11.6. The smallest absolute Gasteiger partial charge is 0.114 e. The van der Waals surface area contributed by atoms with Crippen LogP contribution in [0, 0.1) is 0 Å². The zero-order valence-corrected chi connectivity index (χ0v) is 17.9. The summed E-state index contributed by atoms with van der Waals surface area (Å²) in [7, 11) is 0. The van der Waals surface area contributed by atoms with E-state index in [2.05, 4.69) is 19.1 Å². The molecular formula is C23H44O5. The number of aliphatic hydroxyl groups excluding tert-OH is 3. The Balaban J connectivity index is 1.87. The minimum atomic E-state index is -0.979. The number of unbranched alkanes of at least 4 members (excludes halogenated alkanes) is 11. The van der Waals surface area contributed by atoms with Crippen LogP contribution in [0.5, 0.6) is 0 Å². The third-order valence-corrected chi connectivity index (χ3v) is 5.47. The molecule has 0 radical (unpaired) electrons. The van der Waals surface area contributed by atoms with E-state index in [0.717, 1.165) is 12.8 Å². The fraction of sp³-hybridized carbons (Fsp3) is 0.913. The fourth-order valence-electron chi connectivity index (χ4n) is 3.61. The standard InChI is InChI=1S/C23H44O5/c1-2-3-4-5-6-7-8-9-10-11-12-13-14-15-16-17-27-21(18-24)23-22(26)20(25)19-28-23/h7-8,20-26H,2-6,9-19H2,1H3/b8-7+/t20-,21+,22+,23+/m1/s1. The Kier molecular flexibility index (Phi) is 15.9. The van der Waals surface area contributed by atoms with Crippen LogP contribution in [0.25, 0.3) is 0 Å². The summed E-state index contributed by atoms with van der Waals surface area (Å²) in [5.74, 6) is 0. The number of ether oxygens (including phenoxy) is 2. The van der Waals surface area contributed by atoms with Crippen molar-refractivity contribution in [1.82, 2.24) is 0 Å². The molecule has 0 spiro atoms. The summed E-state index contributed by atoms with van der Waals surface area (Å²) in [5, 5.41) is 28.7. The number of aliphatic hydroxyl groups is 3. The third kappa shape index (κ3) is 11.5. The molecule has 0 aromatic rings. The molecule has 1 heterocycles. The molecule has 0 amide bonds. The Morgan fingerprint density at radius 3 is 2.00 bits per heavy atom. The lowest BCUT2D eigenvalue weighted by Crippen LogP contribution is -2.42. The first kappa shape index (κ1) is 25.6. The Bertz CT molecular complexity index is 374. The maximum atomic E-state index is 9.82. The van der Waals surface area contributed by atoms with Crippen molar-refractivity contribution in [3.8, 4) is 0 Å². The zero-order valence-electron chi connectivity index (χ0n) is 17.9. The first-order valence-electron chi connectivity index (χ1n) is 11.6. The van der Waals surface area contributed by atoms with E-state index in [-0.39, 0.29) is 13.2 Å². The highest BCUT2D eigenvalue weighted by atomic mass is 16.6. The molecule has 0 aromatic heterocycles. The fourth-order valence-corrected chi connectivity index (χ4v) is 3.61. The van der Waals surface area contributed by atoms with Crippen LogP contribution >= 0.6 is 0 Å². The van der Waals surface area contributed by atoms with Gasteiger partial charge in [-0.15, -0.1) is 0 Å². The van der Waals surface area contributed by atoms with Crippen LogP contribution in [0.2, 0.25) is 0 Å². The van der Waals surface area contributed by atoms with Crippen molar-refractivity contribution in [2.75, 3.05) is 19.8 Å². The van der Waals surface area contributed by atoms with Gasteiger partial charge in [-0.25, -0.2) is 0 Å². The second kappa shape index (κ2) is 17.4. The second-order valence-electron chi connectivity index (χ2n) is 8.03. The van der Waals surface area contributed by atoms with Gasteiger partial charge >= 0.3 is 0 Å². The van der Waals surface area contributed by atoms with Gasteiger partial charge < -0.3 is 24.8 Å². The average Bonchev–Trinajstić information content (AvgIpc) is 3.03. The molecular weight excluding hydrogens is 356 g/mol. The van der Waals surface area contributed by atoms with Gasteiger partial charge in [0.05, 0.1) is 13.2 Å². The van der Waals surface area contributed by atoms with Crippen LogP contribution in [0.3, 0.4) is 0 Å². The molecule has 5 nitrogen and oxygen atoms in total. The SMILES string of the molecule is CCCCCC/C=C/CCCCCCCCCO[C@@H](CO)[C@@H]1OC[C@@H](O)[C@@H]1O. The third-order valence-electron chi connectivity index (χ3n) is 5.47. The molecule has 1 rings (SSSR count). The first-order chi connectivity index (χ1) is 13.7. The van der Waals surface area contributed by atoms with E-state index in [0.29, 0.717) is 6.61 Å². The number of hydrogen-bond acceptors (Lipinski definition) is 5. The van der Waals surface area contributed by atoms with E-state index >= 15 is 0 Å². The van der Waals surface area contributed by atoms with Crippen molar-refractivity contribution in [3.05, 3.63) is 12.2 Å². The summed E-state index contributed by atoms with van der Waals surface area (Å²) >= 11 is 0. The van der Waals surface area contributed by atoms with Gasteiger partial charge in [0.1, 0.15) is 24.4 Å². The van der Waals surface area contributed by atoms with Crippen molar-refractivity contribution >= 4 is 0 Å². The Morgan fingerprint density at radius 1 is 0.893 bits per heavy atom. The summed E-state index contributed by atoms with van der Waals surface area (Å²) in [5.41, 5.74) is 0. The van der Waals surface area contributed by atoms with Crippen LogP contribution in [-0.4, -0.2) is 59.6 Å². The van der Waals surface area contributed by atoms with E-state index in [1.165, 1.54) is 70.6 Å². The Labute approximate surface area is 172 Å². The predicted molar refractivity (Wildman–Crippen MR) is 113 cm³/mol. The van der Waals surface area contributed by atoms with Gasteiger partial charge in [-0.05, 0) is 32.1 Å². The van der Waals surface area contributed by atoms with E-state index < -0.39 is 24.4 Å². The van der Waals surface area contributed by atoms with Crippen molar-refractivity contribution < 1.29 is 24.8 Å². The maximum Gasteiger partial charge on any atom is 0.114 e. The summed E-state index contributed by atoms with van der Waals surface area (Å²) < 4.78 is 11.0. The molecule has 5 heteroatoms. The molecule has 0 aliphatic carbocycles. The summed E-state index contributed by atoms with van der Waals surface area (Å²) in [6, 6.07) is 0. The Morgan fingerprint density at radius 2 is 1.46 bits per heavy atom. The summed E-state index contributed by atoms with van der Waals surface area (Å²) in [6.45, 7) is 2.70. The highest BCUT2D eigenvalue weighted by molar-refractivity contribution is 4.88. The molecule has 28 heavy (non-hydrogen) atoms. The van der Waals surface area contributed by atoms with Crippen LogP contribution in [0.1, 0.15) is 90.4 Å². The highest BCUT2D eigenvalue weighted by Crippen LogP contribution is 2.20. The molecule has 0 bridgehead atoms. The summed E-state index contributed by atoms with van der Waals surface area (Å²) in [6.07, 6.45) is 17.9. The van der Waals surface area contributed by atoms with Gasteiger partial charge in [0.25, 0.3) is 0 Å². The van der Waals surface area contributed by atoms with Gasteiger partial charge in [-0.2, -0.15) is 0 Å². The van der Waals surface area contributed by atoms with Crippen LogP contribution in [0.15, 0.2) is 12.2 Å². The topological polar surface area (TPSA) is 79.2 Å². The molecule has 1 aliphatic rings. The Hall–Kier alpha value is -0.460. The van der Waals surface area contributed by atoms with E-state index in [1.54, 1.807) is 0 Å². The molecule has 0 saturated carbocycles. The monoisotopic (exact) mass is 400 g/mol. The van der Waals surface area contributed by atoms with E-state index in [1.807, 2.05) is 0 Å². The average molecular weight is 401 g/mol. The molecule has 4 atom stereocenters. The minimum absolute atomic E-state index is 0.0977. The van der Waals surface area contributed by atoms with Crippen molar-refractivity contribution in [1.29, 1.82) is 0 Å². The lowest BCUT2D eigenvalue weighted by molar-refractivity contribution is -0.101. The minimum Gasteiger partial charge on any atom is -0.394 e. The molecule has 1 fully saturated rings. The second-order valence-corrected chi connectivity index (χ2v) is 8.03. The van der Waals surface area contributed by atoms with Gasteiger partial charge in [0, 0.05) is 6.61 Å². The van der Waals surface area contributed by atoms with Crippen LogP contribution in [-0.2, 0) is 9.47 Å². The molecule has 166 valence electrons. The molecule has 3 N–H and O–H groups in total. The van der Waals surface area contributed by atoms with Gasteiger partial charge in [-0.1, -0.05) is 70.4 Å². The van der Waals surface area contributed by atoms with Gasteiger partial charge in [-0.3, -0.25) is 0 Å². The van der Waals surface area contributed by atoms with Gasteiger partial charge in [0.2, 0.25) is 0 Å². The van der Waals surface area contributed by atoms with Crippen LogP contribution < -0.4 is 0 Å². The van der Waals surface area contributed by atoms with Gasteiger partial charge in [0.15, 0.2) is 0 Å². The predicted octanol–water partition coefficient (Wildman–Crippen LogP) is 4.13. The van der Waals surface area contributed by atoms with E-state index in [4.69, 9.17) is 9.47 Å². The number of allylic oxidation sites excluding steroid dienone is 2. The lowest BCUT2D eigenvalue weighted by Gasteiger charge is -2.24. The van der Waals surface area contributed by atoms with Crippen LogP contribution in [0.4, 0.5) is 0 Å². The quantitative estimate of drug-likeness (QED) is 0.238. The molecule has 1 aliphatic heterocycles. The largest absolute Gasteiger partial charge is 0.394 e. The van der Waals surface area contributed by atoms with Crippen molar-refractivity contribution in [2.45, 2.75) is 115 Å². The van der Waals surface area contributed by atoms with Crippen molar-refractivity contribution in [2.24, 2.45) is 0 Å². The van der Waals surface area contributed by atoms with E-state index in [9.17, 15) is 15.3 Å². The molecule has 1 saturated heterocycles. The summed E-state index contributed by atoms with van der Waals surface area (Å²) in [4.78, 5) is 0. The zero-order chi connectivity index (χ0) is 20.5. The highest BCUT2D eigenvalue weighted by Gasteiger charge is 2.40. The number of rotatable bonds is 18. The molecule has 0 unspecified atom stereocenters. The molecule has 0 aromatic carbocycles. The number of hydrogen-bond donors (Lipinski definition) is 3. The normalized spacial score (nSPS) is 23.6. The lowest BCUT2D eigenvalue weighted by atomic mass is 10.1. The van der Waals surface area contributed by atoms with Crippen molar-refractivity contribution in [3.63, 3.8) is 0 Å². The maximum absolute atomic E-state index is 9.82.